The van der Waals surface area contributed by atoms with E-state index in [1.165, 1.54) is 16.4 Å². The van der Waals surface area contributed by atoms with Crippen molar-refractivity contribution < 1.29 is 17.3 Å². The third-order valence-electron chi connectivity index (χ3n) is 3.61. The SMILES string of the molecule is Cc1cc(C2CCCN2S(=O)(=O)c2ccc(F)cc2)no1. The van der Waals surface area contributed by atoms with Crippen LogP contribution >= 0.6 is 0 Å². The first-order chi connectivity index (χ1) is 9.98. The van der Waals surface area contributed by atoms with Crippen LogP contribution in [0.3, 0.4) is 0 Å². The lowest BCUT2D eigenvalue weighted by Gasteiger charge is -2.22. The fourth-order valence-corrected chi connectivity index (χ4v) is 4.28. The molecule has 21 heavy (non-hydrogen) atoms. The highest BCUT2D eigenvalue weighted by Crippen LogP contribution is 2.36. The van der Waals surface area contributed by atoms with Crippen molar-refractivity contribution >= 4 is 10.0 Å². The van der Waals surface area contributed by atoms with Crippen LogP contribution in [-0.2, 0) is 10.0 Å². The standard InChI is InChI=1S/C14H15FN2O3S/c1-10-9-13(16-20-10)14-3-2-8-17(14)21(18,19)12-6-4-11(15)5-7-12/h4-7,9,14H,2-3,8H2,1H3. The minimum Gasteiger partial charge on any atom is -0.361 e. The number of benzene rings is 1. The van der Waals surface area contributed by atoms with Crippen LogP contribution in [0.2, 0.25) is 0 Å². The Morgan fingerprint density at radius 2 is 2.05 bits per heavy atom. The molecule has 0 aliphatic carbocycles. The summed E-state index contributed by atoms with van der Waals surface area (Å²) in [4.78, 5) is 0.0935. The zero-order valence-electron chi connectivity index (χ0n) is 11.5. The fraction of sp³-hybridized carbons (Fsp3) is 0.357. The molecule has 3 rings (SSSR count). The second-order valence-corrected chi connectivity index (χ2v) is 6.98. The molecule has 0 spiro atoms. The minimum absolute atomic E-state index is 0.0935. The Hall–Kier alpha value is -1.73. The van der Waals surface area contributed by atoms with Crippen molar-refractivity contribution in [3.05, 3.63) is 47.6 Å². The van der Waals surface area contributed by atoms with Crippen molar-refractivity contribution in [1.29, 1.82) is 0 Å². The molecule has 0 radical (unpaired) electrons. The van der Waals surface area contributed by atoms with E-state index >= 15 is 0 Å². The quantitative estimate of drug-likeness (QED) is 0.874. The summed E-state index contributed by atoms with van der Waals surface area (Å²) in [5, 5.41) is 3.93. The number of sulfonamides is 1. The van der Waals surface area contributed by atoms with Gasteiger partial charge in [0.2, 0.25) is 10.0 Å². The average Bonchev–Trinajstić information content (AvgIpc) is 3.07. The van der Waals surface area contributed by atoms with E-state index in [9.17, 15) is 12.8 Å². The molecule has 1 unspecified atom stereocenters. The third kappa shape index (κ3) is 2.58. The lowest BCUT2D eigenvalue weighted by atomic mass is 10.1. The van der Waals surface area contributed by atoms with Gasteiger partial charge in [-0.3, -0.25) is 0 Å². The molecule has 1 atom stereocenters. The number of rotatable bonds is 3. The predicted molar refractivity (Wildman–Crippen MR) is 73.5 cm³/mol. The van der Waals surface area contributed by atoms with E-state index in [0.29, 0.717) is 24.4 Å². The Morgan fingerprint density at radius 3 is 2.67 bits per heavy atom. The third-order valence-corrected chi connectivity index (χ3v) is 5.53. The number of aryl methyl sites for hydroxylation is 1. The van der Waals surface area contributed by atoms with Gasteiger partial charge in [0.1, 0.15) is 17.3 Å². The molecular weight excluding hydrogens is 295 g/mol. The van der Waals surface area contributed by atoms with Crippen LogP contribution in [0, 0.1) is 12.7 Å². The molecule has 1 aliphatic rings. The smallest absolute Gasteiger partial charge is 0.243 e. The molecule has 1 aromatic carbocycles. The molecule has 2 heterocycles. The second kappa shape index (κ2) is 5.23. The predicted octanol–water partition coefficient (Wildman–Crippen LogP) is 2.65. The molecule has 0 amide bonds. The number of hydrogen-bond acceptors (Lipinski definition) is 4. The van der Waals surface area contributed by atoms with E-state index in [1.807, 2.05) is 0 Å². The van der Waals surface area contributed by atoms with Gasteiger partial charge in [0.25, 0.3) is 0 Å². The molecule has 1 aromatic heterocycles. The first-order valence-electron chi connectivity index (χ1n) is 6.69. The molecular formula is C14H15FN2O3S. The average molecular weight is 310 g/mol. The number of hydrogen-bond donors (Lipinski definition) is 0. The maximum absolute atomic E-state index is 13.0. The molecule has 1 fully saturated rings. The molecule has 0 N–H and O–H groups in total. The topological polar surface area (TPSA) is 63.4 Å². The van der Waals surface area contributed by atoms with E-state index in [-0.39, 0.29) is 10.9 Å². The maximum atomic E-state index is 13.0. The van der Waals surface area contributed by atoms with Crippen molar-refractivity contribution in [2.75, 3.05) is 6.54 Å². The molecule has 1 saturated heterocycles. The summed E-state index contributed by atoms with van der Waals surface area (Å²) in [6, 6.07) is 6.31. The summed E-state index contributed by atoms with van der Waals surface area (Å²) in [6.45, 7) is 2.19. The monoisotopic (exact) mass is 310 g/mol. The Labute approximate surface area is 122 Å². The Kier molecular flexibility index (Phi) is 3.54. The largest absolute Gasteiger partial charge is 0.361 e. The first-order valence-corrected chi connectivity index (χ1v) is 8.13. The summed E-state index contributed by atoms with van der Waals surface area (Å²) in [5.41, 5.74) is 0.621. The molecule has 5 nitrogen and oxygen atoms in total. The summed E-state index contributed by atoms with van der Waals surface area (Å²) in [6.07, 6.45) is 1.46. The Morgan fingerprint density at radius 1 is 1.33 bits per heavy atom. The molecule has 0 saturated carbocycles. The Balaban J connectivity index is 1.96. The number of aromatic nitrogens is 1. The van der Waals surface area contributed by atoms with Gasteiger partial charge in [-0.15, -0.1) is 0 Å². The molecule has 1 aliphatic heterocycles. The van der Waals surface area contributed by atoms with Crippen molar-refractivity contribution in [1.82, 2.24) is 9.46 Å². The molecule has 7 heteroatoms. The van der Waals surface area contributed by atoms with Crippen LogP contribution < -0.4 is 0 Å². The van der Waals surface area contributed by atoms with Crippen molar-refractivity contribution in [2.24, 2.45) is 0 Å². The minimum atomic E-state index is -3.66. The van der Waals surface area contributed by atoms with Gasteiger partial charge in [0.05, 0.1) is 10.9 Å². The Bertz CT molecular complexity index is 740. The molecule has 112 valence electrons. The highest BCUT2D eigenvalue weighted by Gasteiger charge is 2.37. The van der Waals surface area contributed by atoms with Crippen LogP contribution in [0.25, 0.3) is 0 Å². The highest BCUT2D eigenvalue weighted by atomic mass is 32.2. The molecule has 0 bridgehead atoms. The van der Waals surface area contributed by atoms with Crippen molar-refractivity contribution in [3.8, 4) is 0 Å². The first kappa shape index (κ1) is 14.2. The zero-order valence-corrected chi connectivity index (χ0v) is 12.3. The lowest BCUT2D eigenvalue weighted by molar-refractivity contribution is 0.349. The van der Waals surface area contributed by atoms with Gasteiger partial charge in [0.15, 0.2) is 0 Å². The lowest BCUT2D eigenvalue weighted by Crippen LogP contribution is -2.30. The van der Waals surface area contributed by atoms with Gasteiger partial charge in [-0.05, 0) is 44.0 Å². The van der Waals surface area contributed by atoms with E-state index in [4.69, 9.17) is 4.52 Å². The van der Waals surface area contributed by atoms with Gasteiger partial charge in [-0.2, -0.15) is 4.31 Å². The van der Waals surface area contributed by atoms with E-state index in [1.54, 1.807) is 13.0 Å². The van der Waals surface area contributed by atoms with Crippen LogP contribution in [0.1, 0.15) is 30.3 Å². The van der Waals surface area contributed by atoms with Crippen molar-refractivity contribution in [2.45, 2.75) is 30.7 Å². The number of nitrogens with zero attached hydrogens (tertiary/aromatic N) is 2. The number of halogens is 1. The second-order valence-electron chi connectivity index (χ2n) is 5.09. The van der Waals surface area contributed by atoms with E-state index < -0.39 is 15.8 Å². The maximum Gasteiger partial charge on any atom is 0.243 e. The van der Waals surface area contributed by atoms with Crippen LogP contribution in [-0.4, -0.2) is 24.4 Å². The van der Waals surface area contributed by atoms with E-state index in [2.05, 4.69) is 5.16 Å². The summed E-state index contributed by atoms with van der Waals surface area (Å²) in [5.74, 6) is 0.190. The van der Waals surface area contributed by atoms with Crippen LogP contribution in [0.5, 0.6) is 0 Å². The van der Waals surface area contributed by atoms with Gasteiger partial charge in [0, 0.05) is 12.6 Å². The van der Waals surface area contributed by atoms with Crippen molar-refractivity contribution in [3.63, 3.8) is 0 Å². The van der Waals surface area contributed by atoms with Crippen LogP contribution in [0.15, 0.2) is 39.8 Å². The molecule has 2 aromatic rings. The van der Waals surface area contributed by atoms with Gasteiger partial charge in [-0.25, -0.2) is 12.8 Å². The van der Waals surface area contributed by atoms with Gasteiger partial charge < -0.3 is 4.52 Å². The zero-order chi connectivity index (χ0) is 15.0. The summed E-state index contributed by atoms with van der Waals surface area (Å²) < 4.78 is 44.8. The van der Waals surface area contributed by atoms with Gasteiger partial charge in [-0.1, -0.05) is 5.16 Å². The summed E-state index contributed by atoms with van der Waals surface area (Å²) in [7, 11) is -3.66. The fourth-order valence-electron chi connectivity index (χ4n) is 2.61. The summed E-state index contributed by atoms with van der Waals surface area (Å²) >= 11 is 0. The van der Waals surface area contributed by atoms with E-state index in [0.717, 1.165) is 18.6 Å². The normalized spacial score (nSPS) is 20.0. The van der Waals surface area contributed by atoms with Gasteiger partial charge >= 0.3 is 0 Å². The highest BCUT2D eigenvalue weighted by molar-refractivity contribution is 7.89. The van der Waals surface area contributed by atoms with Crippen LogP contribution in [0.4, 0.5) is 4.39 Å².